The second-order valence-electron chi connectivity index (χ2n) is 6.82. The molecule has 1 aromatic rings. The molecule has 1 aromatic carbocycles. The van der Waals surface area contributed by atoms with E-state index in [4.69, 9.17) is 14.5 Å². The number of carboxylic acid groups (broad SMARTS) is 1. The molecule has 6 unspecified atom stereocenters. The van der Waals surface area contributed by atoms with Gasteiger partial charge in [-0.3, -0.25) is 9.32 Å². The molecule has 7 N–H and O–H groups in total. The van der Waals surface area contributed by atoms with E-state index in [1.165, 1.54) is 0 Å². The molecule has 0 radical (unpaired) electrons. The van der Waals surface area contributed by atoms with E-state index < -0.39 is 69.3 Å². The molecule has 0 saturated carbocycles. The topological polar surface area (TPSA) is 203 Å². The van der Waals surface area contributed by atoms with Crippen molar-refractivity contribution in [3.05, 3.63) is 35.9 Å². The van der Waals surface area contributed by atoms with Crippen molar-refractivity contribution in [2.75, 3.05) is 6.61 Å². The molecule has 31 heavy (non-hydrogen) atoms. The number of carbonyl (C=O) groups excluding carboxylic acids is 1. The summed E-state index contributed by atoms with van der Waals surface area (Å²) in [6.07, 6.45) is -8.58. The van der Waals surface area contributed by atoms with Crippen molar-refractivity contribution < 1.29 is 53.6 Å². The molecule has 2 rings (SSSR count). The Morgan fingerprint density at radius 1 is 1.06 bits per heavy atom. The van der Waals surface area contributed by atoms with Gasteiger partial charge in [-0.15, -0.1) is 0 Å². The third kappa shape index (κ3) is 8.87. The van der Waals surface area contributed by atoms with Crippen LogP contribution in [0.2, 0.25) is 0 Å². The van der Waals surface area contributed by atoms with Crippen LogP contribution in [0.25, 0.3) is 0 Å². The van der Waals surface area contributed by atoms with Gasteiger partial charge in [0.05, 0.1) is 19.1 Å². The van der Waals surface area contributed by atoms with E-state index in [2.05, 4.69) is 9.84 Å². The summed E-state index contributed by atoms with van der Waals surface area (Å²) in [7, 11) is -4.88. The molecular weight excluding hydrogens is 448 g/mol. The van der Waals surface area contributed by atoms with Crippen molar-refractivity contribution in [2.24, 2.45) is 0 Å². The van der Waals surface area contributed by atoms with Crippen LogP contribution >= 0.6 is 7.82 Å². The van der Waals surface area contributed by atoms with Crippen molar-refractivity contribution in [2.45, 2.75) is 49.4 Å². The second kappa shape index (κ2) is 12.4. The summed E-state index contributed by atoms with van der Waals surface area (Å²) in [4.78, 5) is 41.3. The second-order valence-corrected chi connectivity index (χ2v) is 8.06. The number of aliphatic hydroxyl groups is 3. The minimum absolute atomic E-state index is 0. The molecule has 0 bridgehead atoms. The standard InChI is InChI=1S/C17H24NO11P.Na.H/c19-13(18-10(17(23)24)6-9-4-2-1-3-5-9)7-11-14(20)16(22)15(21)12(29-11)8-28-30(25,26)27;;/h1-5,10-12,14-16,20-22H,6-8H2,(H,18,19)(H,23,24)(H2,25,26,27);;. The number of phosphoric acid groups is 1. The summed E-state index contributed by atoms with van der Waals surface area (Å²) in [6, 6.07) is 7.32. The predicted molar refractivity (Wildman–Crippen MR) is 106 cm³/mol. The molecule has 14 heteroatoms. The van der Waals surface area contributed by atoms with E-state index >= 15 is 0 Å². The summed E-state index contributed by atoms with van der Waals surface area (Å²) in [5.41, 5.74) is 0.673. The van der Waals surface area contributed by atoms with Crippen molar-refractivity contribution in [1.29, 1.82) is 0 Å². The number of aliphatic hydroxyl groups excluding tert-OH is 3. The average molecular weight is 473 g/mol. The zero-order valence-corrected chi connectivity index (χ0v) is 16.5. The maximum absolute atomic E-state index is 12.3. The Kier molecular flexibility index (Phi) is 11.2. The van der Waals surface area contributed by atoms with Crippen LogP contribution in [0, 0.1) is 0 Å². The van der Waals surface area contributed by atoms with E-state index in [1.807, 2.05) is 0 Å². The summed E-state index contributed by atoms with van der Waals surface area (Å²) in [5, 5.41) is 41.5. The van der Waals surface area contributed by atoms with Crippen LogP contribution in [-0.2, 0) is 29.8 Å². The fraction of sp³-hybridized carbons (Fsp3) is 0.529. The summed E-state index contributed by atoms with van der Waals surface area (Å²) in [6.45, 7) is -0.806. The van der Waals surface area contributed by atoms with Gasteiger partial charge in [-0.25, -0.2) is 9.36 Å². The van der Waals surface area contributed by atoms with Crippen LogP contribution in [0.4, 0.5) is 0 Å². The van der Waals surface area contributed by atoms with Crippen LogP contribution in [-0.4, -0.2) is 115 Å². The summed E-state index contributed by atoms with van der Waals surface area (Å²) in [5.74, 6) is -2.08. The van der Waals surface area contributed by atoms with Crippen molar-refractivity contribution in [3.63, 3.8) is 0 Å². The fourth-order valence-corrected chi connectivity index (χ4v) is 3.33. The Labute approximate surface area is 199 Å². The van der Waals surface area contributed by atoms with E-state index in [9.17, 15) is 34.6 Å². The van der Waals surface area contributed by atoms with E-state index in [0.29, 0.717) is 5.56 Å². The Morgan fingerprint density at radius 2 is 1.65 bits per heavy atom. The van der Waals surface area contributed by atoms with Gasteiger partial charge in [0.15, 0.2) is 0 Å². The number of carbonyl (C=O) groups is 2. The molecule has 170 valence electrons. The van der Waals surface area contributed by atoms with Gasteiger partial charge in [-0.1, -0.05) is 30.3 Å². The van der Waals surface area contributed by atoms with Crippen LogP contribution < -0.4 is 5.32 Å². The zero-order chi connectivity index (χ0) is 22.5. The van der Waals surface area contributed by atoms with Crippen LogP contribution in [0.3, 0.4) is 0 Å². The third-order valence-corrected chi connectivity index (χ3v) is 5.01. The molecule has 0 aliphatic carbocycles. The van der Waals surface area contributed by atoms with Gasteiger partial charge in [-0.2, -0.15) is 0 Å². The Hall–Kier alpha value is -0.890. The molecule has 1 aliphatic rings. The molecule has 1 saturated heterocycles. The first kappa shape index (κ1) is 28.1. The van der Waals surface area contributed by atoms with E-state index in [-0.39, 0.29) is 36.0 Å². The fourth-order valence-electron chi connectivity index (χ4n) is 2.99. The van der Waals surface area contributed by atoms with Gasteiger partial charge < -0.3 is 40.3 Å². The molecule has 0 spiro atoms. The van der Waals surface area contributed by atoms with Gasteiger partial charge in [-0.05, 0) is 5.56 Å². The van der Waals surface area contributed by atoms with Gasteiger partial charge >= 0.3 is 43.3 Å². The van der Waals surface area contributed by atoms with Crippen LogP contribution in [0.1, 0.15) is 12.0 Å². The molecule has 12 nitrogen and oxygen atoms in total. The predicted octanol–water partition coefficient (Wildman–Crippen LogP) is -2.50. The number of phosphoric ester groups is 1. The quantitative estimate of drug-likeness (QED) is 0.148. The normalized spacial score (nSPS) is 27.1. The molecule has 1 fully saturated rings. The van der Waals surface area contributed by atoms with Gasteiger partial charge in [0, 0.05) is 6.42 Å². The SMILES string of the molecule is O=C(CC1OC(COP(=O)(O)O)C(O)C(O)C1O)NC(Cc1ccccc1)C(=O)O.[NaH]. The van der Waals surface area contributed by atoms with Crippen molar-refractivity contribution >= 4 is 49.3 Å². The first-order valence-electron chi connectivity index (χ1n) is 8.93. The van der Waals surface area contributed by atoms with Crippen molar-refractivity contribution in [3.8, 4) is 0 Å². The average Bonchev–Trinajstić information content (AvgIpc) is 2.67. The van der Waals surface area contributed by atoms with Gasteiger partial charge in [0.25, 0.3) is 0 Å². The summed E-state index contributed by atoms with van der Waals surface area (Å²) >= 11 is 0. The number of amides is 1. The maximum atomic E-state index is 12.3. The zero-order valence-electron chi connectivity index (χ0n) is 15.6. The summed E-state index contributed by atoms with van der Waals surface area (Å²) < 4.78 is 20.3. The van der Waals surface area contributed by atoms with Crippen LogP contribution in [0.15, 0.2) is 30.3 Å². The molecule has 1 amide bonds. The first-order valence-corrected chi connectivity index (χ1v) is 10.5. The van der Waals surface area contributed by atoms with E-state index in [0.717, 1.165) is 0 Å². The minimum atomic E-state index is -4.88. The number of rotatable bonds is 9. The Balaban J connectivity index is 0.00000480. The number of carboxylic acids is 1. The molecular formula is C17H25NNaO11P. The van der Waals surface area contributed by atoms with Gasteiger partial charge in [0.2, 0.25) is 5.91 Å². The van der Waals surface area contributed by atoms with Gasteiger partial charge in [0.1, 0.15) is 30.5 Å². The number of hydrogen-bond donors (Lipinski definition) is 7. The number of hydrogen-bond acceptors (Lipinski definition) is 8. The monoisotopic (exact) mass is 473 g/mol. The molecule has 1 heterocycles. The molecule has 1 aliphatic heterocycles. The number of ether oxygens (including phenoxy) is 1. The van der Waals surface area contributed by atoms with Crippen molar-refractivity contribution in [1.82, 2.24) is 5.32 Å². The molecule has 0 aromatic heterocycles. The first-order chi connectivity index (χ1) is 14.0. The van der Waals surface area contributed by atoms with Crippen LogP contribution in [0.5, 0.6) is 0 Å². The third-order valence-electron chi connectivity index (χ3n) is 4.52. The number of aliphatic carboxylic acids is 1. The number of benzene rings is 1. The molecule has 6 atom stereocenters. The Morgan fingerprint density at radius 3 is 2.19 bits per heavy atom. The van der Waals surface area contributed by atoms with E-state index in [1.54, 1.807) is 30.3 Å². The number of nitrogens with one attached hydrogen (secondary N) is 1. The Bertz CT molecular complexity index is 777.